The number of anilines is 2. The summed E-state index contributed by atoms with van der Waals surface area (Å²) in [5.41, 5.74) is -1.56. The molecule has 21 heteroatoms. The average molecular weight is 869 g/mol. The van der Waals surface area contributed by atoms with Gasteiger partial charge in [0.05, 0.1) is 42.7 Å². The Morgan fingerprint density at radius 1 is 1.03 bits per heavy atom. The molecule has 20 nitrogen and oxygen atoms in total. The lowest BCUT2D eigenvalue weighted by Gasteiger charge is -2.34. The average Bonchev–Trinajstić information content (AvgIpc) is 4.15. The molecule has 2 aromatic rings. The number of sulfonamides is 1. The number of carbonyl (C=O) groups is 7. The van der Waals surface area contributed by atoms with E-state index in [4.69, 9.17) is 14.3 Å². The van der Waals surface area contributed by atoms with Gasteiger partial charge in [0.25, 0.3) is 11.8 Å². The number of urea groups is 1. The first-order chi connectivity index (χ1) is 29.1. The Balaban J connectivity index is 1.35. The maximum absolute atomic E-state index is 14.9. The molecule has 0 spiro atoms. The molecule has 0 aromatic heterocycles. The molecule has 6 amide bonds. The molecule has 0 bridgehead atoms. The Morgan fingerprint density at radius 3 is 2.44 bits per heavy atom. The lowest BCUT2D eigenvalue weighted by Crippen LogP contribution is -2.59. The van der Waals surface area contributed by atoms with Gasteiger partial charge in [-0.25, -0.2) is 22.8 Å². The number of carboxylic acid groups (broad SMARTS) is 2. The Labute approximate surface area is 351 Å². The quantitative estimate of drug-likeness (QED) is 0.143. The summed E-state index contributed by atoms with van der Waals surface area (Å²) in [5.74, 6) is -5.95. The number of fused-ring (bicyclic) bond motifs is 2. The third-order valence-corrected chi connectivity index (χ3v) is 12.5. The highest BCUT2D eigenvalue weighted by molar-refractivity contribution is 7.91. The van der Waals surface area contributed by atoms with Gasteiger partial charge >= 0.3 is 24.1 Å². The number of nitrogens with zero attached hydrogens (tertiary/aromatic N) is 3. The fraction of sp³-hybridized carbons (Fsp3) is 0.475. The number of hydroxylamine groups is 2. The normalized spacial score (nSPS) is 24.1. The number of rotatable bonds is 13. The number of nitrogens with one attached hydrogen (secondary N) is 3. The van der Waals surface area contributed by atoms with E-state index >= 15 is 0 Å². The van der Waals surface area contributed by atoms with E-state index in [-0.39, 0.29) is 37.2 Å². The van der Waals surface area contributed by atoms with Gasteiger partial charge in [0.1, 0.15) is 17.7 Å². The van der Waals surface area contributed by atoms with Gasteiger partial charge in [-0.2, -0.15) is 5.06 Å². The van der Waals surface area contributed by atoms with Crippen LogP contribution in [0.1, 0.15) is 62.2 Å². The number of para-hydroxylation sites is 2. The first-order valence-corrected chi connectivity index (χ1v) is 21.4. The second-order valence-corrected chi connectivity index (χ2v) is 17.0. The Hall–Kier alpha value is -6.06. The van der Waals surface area contributed by atoms with Crippen molar-refractivity contribution in [2.45, 2.75) is 80.8 Å². The zero-order valence-electron chi connectivity index (χ0n) is 33.3. The van der Waals surface area contributed by atoms with Gasteiger partial charge in [-0.05, 0) is 63.3 Å². The summed E-state index contributed by atoms with van der Waals surface area (Å²) >= 11 is 0. The minimum Gasteiger partial charge on any atom is -0.481 e. The highest BCUT2D eigenvalue weighted by atomic mass is 32.2. The zero-order valence-corrected chi connectivity index (χ0v) is 34.1. The Morgan fingerprint density at radius 2 is 1.75 bits per heavy atom. The van der Waals surface area contributed by atoms with Crippen molar-refractivity contribution in [1.82, 2.24) is 20.0 Å². The molecule has 0 radical (unpaired) electrons. The molecule has 2 heterocycles. The number of allylic oxidation sites excluding steroid dienone is 1. The fourth-order valence-corrected chi connectivity index (χ4v) is 8.61. The SMILES string of the molecule is CCN(C(=O)OC1CC2C(=O)NC3(C(=O)NS(=O)(=O)C4CC4)CC3C=CCCCOCC(N(OCCC(=O)O)C(=O)Nc3ccccc3)C(=O)N2C1)c1ccccc1C(=O)O. The van der Waals surface area contributed by atoms with Crippen molar-refractivity contribution in [3.63, 3.8) is 0 Å². The standard InChI is InChI=1S/C40H48N6O14S/c1-2-44(30-15-9-8-14-29(30)36(51)52)39(55)60-27-21-31-34(49)42-40(37(53)43-61(56,57)28-16-17-28)22-25(40)11-5-4-10-19-58-24-32(35(50)45(31)23-27)46(59-20-18-33(47)48)38(54)41-26-12-6-3-7-13-26/h3,5-9,11-15,25,27-28,31-32H,2,4,10,16-24H2,1H3,(H,41,54)(H,42,49)(H,43,53)(H,47,48)(H,51,52). The lowest BCUT2D eigenvalue weighted by molar-refractivity contribution is -0.178. The van der Waals surface area contributed by atoms with Crippen LogP contribution in [0.3, 0.4) is 0 Å². The van der Waals surface area contributed by atoms with E-state index < -0.39 is 113 Å². The first-order valence-electron chi connectivity index (χ1n) is 19.9. The topological polar surface area (TPSA) is 268 Å². The summed E-state index contributed by atoms with van der Waals surface area (Å²) in [6.45, 7) is 0.142. The lowest BCUT2D eigenvalue weighted by atomic mass is 10.1. The molecule has 61 heavy (non-hydrogen) atoms. The molecule has 2 aliphatic carbocycles. The number of hydrogen-bond acceptors (Lipinski definition) is 12. The van der Waals surface area contributed by atoms with Crippen LogP contribution in [0.2, 0.25) is 0 Å². The summed E-state index contributed by atoms with van der Waals surface area (Å²) < 4.78 is 39.6. The van der Waals surface area contributed by atoms with E-state index in [0.717, 1.165) is 9.80 Å². The largest absolute Gasteiger partial charge is 0.481 e. The molecule has 2 aromatic carbocycles. The van der Waals surface area contributed by atoms with Crippen LogP contribution in [0.4, 0.5) is 21.0 Å². The summed E-state index contributed by atoms with van der Waals surface area (Å²) in [4.78, 5) is 102. The second-order valence-electron chi connectivity index (χ2n) is 15.0. The van der Waals surface area contributed by atoms with Crippen LogP contribution >= 0.6 is 0 Å². The maximum Gasteiger partial charge on any atom is 0.414 e. The molecular weight excluding hydrogens is 821 g/mol. The Kier molecular flexibility index (Phi) is 13.9. The van der Waals surface area contributed by atoms with Crippen LogP contribution < -0.4 is 20.3 Å². The number of aromatic carboxylic acids is 1. The highest BCUT2D eigenvalue weighted by Crippen LogP contribution is 2.46. The van der Waals surface area contributed by atoms with Crippen LogP contribution in [-0.2, 0) is 43.5 Å². The summed E-state index contributed by atoms with van der Waals surface area (Å²) in [7, 11) is -4.03. The minimum absolute atomic E-state index is 0.0295. The van der Waals surface area contributed by atoms with Gasteiger partial charge in [-0.3, -0.25) is 33.6 Å². The van der Waals surface area contributed by atoms with E-state index in [0.29, 0.717) is 36.4 Å². The molecule has 5 atom stereocenters. The van der Waals surface area contributed by atoms with E-state index in [9.17, 15) is 52.2 Å². The van der Waals surface area contributed by atoms with Crippen molar-refractivity contribution in [2.24, 2.45) is 5.92 Å². The smallest absolute Gasteiger partial charge is 0.414 e. The zero-order chi connectivity index (χ0) is 43.9. The van der Waals surface area contributed by atoms with E-state index in [2.05, 4.69) is 15.4 Å². The summed E-state index contributed by atoms with van der Waals surface area (Å²) in [6, 6.07) is 9.75. The van der Waals surface area contributed by atoms with Crippen LogP contribution in [0, 0.1) is 5.92 Å². The molecule has 2 saturated carbocycles. The van der Waals surface area contributed by atoms with Gasteiger partial charge in [0.2, 0.25) is 15.9 Å². The molecule has 6 rings (SSSR count). The van der Waals surface area contributed by atoms with Gasteiger partial charge in [0, 0.05) is 31.2 Å². The number of hydrogen-bond donors (Lipinski definition) is 5. The molecule has 5 N–H and O–H groups in total. The summed E-state index contributed by atoms with van der Waals surface area (Å²) in [6.07, 6.45) is 2.00. The second kappa shape index (κ2) is 19.1. The van der Waals surface area contributed by atoms with E-state index in [1.165, 1.54) is 24.3 Å². The number of aliphatic carboxylic acids is 1. The van der Waals surface area contributed by atoms with Crippen LogP contribution in [0.15, 0.2) is 66.7 Å². The molecule has 1 saturated heterocycles. The van der Waals surface area contributed by atoms with Crippen LogP contribution in [0.25, 0.3) is 0 Å². The number of carboxylic acids is 2. The predicted molar refractivity (Wildman–Crippen MR) is 214 cm³/mol. The minimum atomic E-state index is -4.03. The van der Waals surface area contributed by atoms with E-state index in [1.54, 1.807) is 49.4 Å². The monoisotopic (exact) mass is 868 g/mol. The third-order valence-electron chi connectivity index (χ3n) is 10.7. The van der Waals surface area contributed by atoms with Crippen LogP contribution in [0.5, 0.6) is 0 Å². The van der Waals surface area contributed by atoms with Crippen LogP contribution in [-0.4, -0.2) is 132 Å². The van der Waals surface area contributed by atoms with Gasteiger partial charge < -0.3 is 35.2 Å². The molecule has 4 aliphatic rings. The molecule has 5 unspecified atom stereocenters. The number of amides is 6. The van der Waals surface area contributed by atoms with Gasteiger partial charge in [0.15, 0.2) is 6.04 Å². The van der Waals surface area contributed by atoms with Crippen molar-refractivity contribution >= 4 is 63.2 Å². The van der Waals surface area contributed by atoms with Crippen molar-refractivity contribution in [1.29, 1.82) is 0 Å². The van der Waals surface area contributed by atoms with Gasteiger partial charge in [-0.1, -0.05) is 42.5 Å². The molecule has 328 valence electrons. The fourth-order valence-electron chi connectivity index (χ4n) is 7.25. The number of benzene rings is 2. The van der Waals surface area contributed by atoms with Crippen molar-refractivity contribution < 1.29 is 66.5 Å². The Bertz CT molecular complexity index is 2150. The molecule has 2 aliphatic heterocycles. The maximum atomic E-state index is 14.9. The van der Waals surface area contributed by atoms with Gasteiger partial charge in [-0.15, -0.1) is 0 Å². The number of carbonyl (C=O) groups excluding carboxylic acids is 5. The van der Waals surface area contributed by atoms with Crippen molar-refractivity contribution in [3.8, 4) is 0 Å². The summed E-state index contributed by atoms with van der Waals surface area (Å²) in [5, 5.41) is 24.4. The molecule has 3 fully saturated rings. The third kappa shape index (κ3) is 10.6. The van der Waals surface area contributed by atoms with Crippen molar-refractivity contribution in [3.05, 3.63) is 72.3 Å². The first kappa shape index (κ1) is 44.5. The predicted octanol–water partition coefficient (Wildman–Crippen LogP) is 2.48. The number of ether oxygens (including phenoxy) is 2. The van der Waals surface area contributed by atoms with Crippen molar-refractivity contribution in [2.75, 3.05) is 43.1 Å². The van der Waals surface area contributed by atoms with E-state index in [1.807, 2.05) is 0 Å². The molecular formula is C40H48N6O14S. The highest BCUT2D eigenvalue weighted by Gasteiger charge is 2.62.